The number of carbonyl (C=O) groups is 4. The van der Waals surface area contributed by atoms with Crippen LogP contribution in [-0.4, -0.2) is 96.7 Å². The Hall–Kier alpha value is -2.46. The van der Waals surface area contributed by atoms with E-state index in [9.17, 15) is 43.2 Å². The number of phosphoric acid groups is 2. The summed E-state index contributed by atoms with van der Waals surface area (Å²) in [5.74, 6) is 0.152. The first-order valence-electron chi connectivity index (χ1n) is 39.7. The number of unbranched alkanes of at least 4 members (excludes halogenated alkanes) is 38. The molecule has 6 atom stereocenters. The Kier molecular flexibility index (Phi) is 66.3. The van der Waals surface area contributed by atoms with Crippen LogP contribution in [0, 0.1) is 17.8 Å². The van der Waals surface area contributed by atoms with Crippen molar-refractivity contribution < 1.29 is 80.2 Å². The highest BCUT2D eigenvalue weighted by Crippen LogP contribution is 2.45. The van der Waals surface area contributed by atoms with Crippen LogP contribution in [0.25, 0.3) is 0 Å². The summed E-state index contributed by atoms with van der Waals surface area (Å²) in [4.78, 5) is 72.9. The van der Waals surface area contributed by atoms with Crippen LogP contribution in [0.3, 0.4) is 0 Å². The molecule has 19 heteroatoms. The Bertz CT molecular complexity index is 1980. The Labute approximate surface area is 592 Å². The van der Waals surface area contributed by atoms with Gasteiger partial charge in [-0.2, -0.15) is 0 Å². The van der Waals surface area contributed by atoms with E-state index in [1.807, 2.05) is 0 Å². The number of ether oxygens (including phenoxy) is 4. The van der Waals surface area contributed by atoms with Gasteiger partial charge in [-0.05, 0) is 69.1 Å². The third kappa shape index (κ3) is 70.4. The van der Waals surface area contributed by atoms with Crippen molar-refractivity contribution in [1.29, 1.82) is 0 Å². The van der Waals surface area contributed by atoms with Gasteiger partial charge in [0.2, 0.25) is 0 Å². The second-order valence-electron chi connectivity index (χ2n) is 28.6. The van der Waals surface area contributed by atoms with Crippen molar-refractivity contribution in [2.45, 2.75) is 394 Å². The second-order valence-corrected chi connectivity index (χ2v) is 31.5. The van der Waals surface area contributed by atoms with Gasteiger partial charge in [-0.25, -0.2) is 9.13 Å². The SMILES string of the molecule is CCCCCC/C=C\C=C/CCCCCCCC(=O)OC[C@H](COP(=O)(O)OCC(O)COP(=O)(O)OC[C@@H](COC(=O)CCCCCCCCCCC(C)C)OC(=O)CCCCCCCCCCC(C)CC)OC(=O)CCCCCCCCCCCCCCCCCCC(C)C. The lowest BCUT2D eigenvalue weighted by atomic mass is 9.99. The van der Waals surface area contributed by atoms with Crippen LogP contribution in [0.4, 0.5) is 0 Å². The first-order valence-corrected chi connectivity index (χ1v) is 42.7. The molecule has 572 valence electrons. The average Bonchev–Trinajstić information content (AvgIpc) is 2.22. The molecule has 0 aromatic heterocycles. The van der Waals surface area contributed by atoms with Crippen LogP contribution in [0.2, 0.25) is 0 Å². The molecule has 0 rings (SSSR count). The maximum absolute atomic E-state index is 13.1. The summed E-state index contributed by atoms with van der Waals surface area (Å²) in [7, 11) is -9.93. The standard InChI is InChI=1S/C78H148O17P2/c1-8-10-11-12-13-14-15-16-19-23-26-29-38-45-52-59-75(80)88-65-73(94-77(82)61-54-47-40-30-27-24-21-18-17-20-22-25-28-35-42-49-56-69(3)4)67-92-96(84,85)90-63-72(79)64-91-97(86,87)93-68-74(66-89-76(81)60-53-46-39-33-31-36-43-50-57-70(5)6)95-78(83)62-55-48-41-34-32-37-44-51-58-71(7)9-2/h14-16,19,69-74,79H,8-13,17-18,20-68H2,1-7H3,(H,84,85)(H,86,87)/b15-14-,19-16-/t71?,72?,73-,74-/m1/s1. The van der Waals surface area contributed by atoms with Crippen LogP contribution in [0.15, 0.2) is 24.3 Å². The number of aliphatic hydroxyl groups excluding tert-OH is 1. The molecule has 0 aliphatic rings. The number of allylic oxidation sites excluding steroid dienone is 4. The van der Waals surface area contributed by atoms with Gasteiger partial charge in [0.05, 0.1) is 26.4 Å². The van der Waals surface area contributed by atoms with Crippen molar-refractivity contribution in [3.05, 3.63) is 24.3 Å². The maximum atomic E-state index is 13.1. The minimum Gasteiger partial charge on any atom is -0.462 e. The fraction of sp³-hybridized carbons (Fsp3) is 0.897. The normalized spacial score (nSPS) is 14.5. The van der Waals surface area contributed by atoms with Gasteiger partial charge in [0.15, 0.2) is 12.2 Å². The number of esters is 4. The lowest BCUT2D eigenvalue weighted by molar-refractivity contribution is -0.161. The van der Waals surface area contributed by atoms with E-state index in [0.29, 0.717) is 25.7 Å². The lowest BCUT2D eigenvalue weighted by Crippen LogP contribution is -2.30. The zero-order chi connectivity index (χ0) is 71.6. The Balaban J connectivity index is 5.28. The van der Waals surface area contributed by atoms with E-state index in [1.165, 1.54) is 167 Å². The zero-order valence-electron chi connectivity index (χ0n) is 63.0. The molecule has 97 heavy (non-hydrogen) atoms. The number of hydrogen-bond acceptors (Lipinski definition) is 15. The third-order valence-electron chi connectivity index (χ3n) is 17.9. The van der Waals surface area contributed by atoms with Crippen molar-refractivity contribution in [1.82, 2.24) is 0 Å². The van der Waals surface area contributed by atoms with E-state index in [0.717, 1.165) is 127 Å². The number of rotatable bonds is 74. The van der Waals surface area contributed by atoms with Gasteiger partial charge in [0.25, 0.3) is 0 Å². The highest BCUT2D eigenvalue weighted by molar-refractivity contribution is 7.47. The molecule has 0 bridgehead atoms. The van der Waals surface area contributed by atoms with Gasteiger partial charge >= 0.3 is 39.5 Å². The average molecular weight is 1420 g/mol. The predicted octanol–water partition coefficient (Wildman–Crippen LogP) is 22.5. The molecule has 0 aromatic rings. The van der Waals surface area contributed by atoms with Crippen LogP contribution in [-0.2, 0) is 65.4 Å². The molecular formula is C78H148O17P2. The molecule has 0 aromatic carbocycles. The number of hydrogen-bond donors (Lipinski definition) is 3. The zero-order valence-corrected chi connectivity index (χ0v) is 64.8. The summed E-state index contributed by atoms with van der Waals surface area (Å²) >= 11 is 0. The molecule has 0 amide bonds. The first-order chi connectivity index (χ1) is 46.8. The Morgan fingerprint density at radius 2 is 0.608 bits per heavy atom. The highest BCUT2D eigenvalue weighted by atomic mass is 31.2. The first kappa shape index (κ1) is 94.5. The summed E-state index contributed by atoms with van der Waals surface area (Å²) in [6.07, 6.45) is 57.7. The van der Waals surface area contributed by atoms with E-state index in [1.54, 1.807) is 0 Å². The molecule has 0 fully saturated rings. The van der Waals surface area contributed by atoms with E-state index in [2.05, 4.69) is 72.8 Å². The van der Waals surface area contributed by atoms with Gasteiger partial charge in [-0.15, -0.1) is 0 Å². The Morgan fingerprint density at radius 3 is 0.918 bits per heavy atom. The van der Waals surface area contributed by atoms with Gasteiger partial charge in [0, 0.05) is 25.7 Å². The summed E-state index contributed by atoms with van der Waals surface area (Å²) < 4.78 is 68.5. The topological polar surface area (TPSA) is 237 Å². The summed E-state index contributed by atoms with van der Waals surface area (Å²) in [5, 5.41) is 10.6. The maximum Gasteiger partial charge on any atom is 0.472 e. The van der Waals surface area contributed by atoms with Crippen molar-refractivity contribution in [3.63, 3.8) is 0 Å². The smallest absolute Gasteiger partial charge is 0.462 e. The molecule has 0 radical (unpaired) electrons. The van der Waals surface area contributed by atoms with Gasteiger partial charge in [0.1, 0.15) is 19.3 Å². The van der Waals surface area contributed by atoms with Crippen LogP contribution in [0.1, 0.15) is 376 Å². The minimum atomic E-state index is -4.97. The quantitative estimate of drug-likeness (QED) is 0.0169. The van der Waals surface area contributed by atoms with E-state index < -0.39 is 97.5 Å². The molecule has 4 unspecified atom stereocenters. The number of aliphatic hydroxyl groups is 1. The van der Waals surface area contributed by atoms with Crippen molar-refractivity contribution in [2.75, 3.05) is 39.6 Å². The molecule has 0 aliphatic carbocycles. The van der Waals surface area contributed by atoms with Crippen LogP contribution < -0.4 is 0 Å². The molecule has 0 heterocycles. The van der Waals surface area contributed by atoms with Gasteiger partial charge in [-0.1, -0.05) is 323 Å². The molecule has 17 nitrogen and oxygen atoms in total. The van der Waals surface area contributed by atoms with Crippen LogP contribution >= 0.6 is 15.6 Å². The molecule has 0 spiro atoms. The molecule has 0 saturated heterocycles. The fourth-order valence-corrected chi connectivity index (χ4v) is 13.0. The van der Waals surface area contributed by atoms with Crippen LogP contribution in [0.5, 0.6) is 0 Å². The Morgan fingerprint density at radius 1 is 0.340 bits per heavy atom. The summed E-state index contributed by atoms with van der Waals surface area (Å²) in [6, 6.07) is 0. The van der Waals surface area contributed by atoms with E-state index >= 15 is 0 Å². The third-order valence-corrected chi connectivity index (χ3v) is 19.8. The number of carbonyl (C=O) groups excluding carboxylic acids is 4. The summed E-state index contributed by atoms with van der Waals surface area (Å²) in [5.41, 5.74) is 0. The number of phosphoric ester groups is 2. The lowest BCUT2D eigenvalue weighted by Gasteiger charge is -2.21. The largest absolute Gasteiger partial charge is 0.472 e. The molecule has 0 saturated carbocycles. The highest BCUT2D eigenvalue weighted by Gasteiger charge is 2.30. The van der Waals surface area contributed by atoms with Gasteiger partial charge in [-0.3, -0.25) is 37.3 Å². The predicted molar refractivity (Wildman–Crippen MR) is 395 cm³/mol. The van der Waals surface area contributed by atoms with Crippen molar-refractivity contribution in [2.24, 2.45) is 17.8 Å². The van der Waals surface area contributed by atoms with E-state index in [4.69, 9.17) is 37.0 Å². The second kappa shape index (κ2) is 68.0. The fourth-order valence-electron chi connectivity index (χ4n) is 11.4. The van der Waals surface area contributed by atoms with E-state index in [-0.39, 0.29) is 25.7 Å². The monoisotopic (exact) mass is 1420 g/mol. The van der Waals surface area contributed by atoms with Crippen molar-refractivity contribution >= 4 is 39.5 Å². The molecule has 3 N–H and O–H groups in total. The summed E-state index contributed by atoms with van der Waals surface area (Å²) in [6.45, 7) is 11.8. The molecular weight excluding hydrogens is 1270 g/mol. The molecule has 0 aliphatic heterocycles. The minimum absolute atomic E-state index is 0.101. The van der Waals surface area contributed by atoms with Gasteiger partial charge < -0.3 is 33.8 Å². The van der Waals surface area contributed by atoms with Crippen molar-refractivity contribution in [3.8, 4) is 0 Å².